The molecule has 0 saturated carbocycles. The van der Waals surface area contributed by atoms with E-state index in [2.05, 4.69) is 20.2 Å². The van der Waals surface area contributed by atoms with E-state index in [1.54, 1.807) is 12.1 Å². The van der Waals surface area contributed by atoms with E-state index < -0.39 is 5.82 Å². The molecule has 21 heavy (non-hydrogen) atoms. The maximum absolute atomic E-state index is 14.6. The number of halogens is 2. The molecule has 2 aromatic heterocycles. The van der Waals surface area contributed by atoms with E-state index in [0.29, 0.717) is 27.6 Å². The molecular formula is C14H15ClFN5. The highest BCUT2D eigenvalue weighted by Crippen LogP contribution is 2.34. The van der Waals surface area contributed by atoms with Gasteiger partial charge in [0.2, 0.25) is 0 Å². The molecule has 0 aliphatic heterocycles. The number of aromatic amines is 2. The highest BCUT2D eigenvalue weighted by molar-refractivity contribution is 6.32. The summed E-state index contributed by atoms with van der Waals surface area (Å²) in [5.74, 6) is 0.496. The van der Waals surface area contributed by atoms with Crippen LogP contribution >= 0.6 is 11.6 Å². The monoisotopic (exact) mass is 307 g/mol. The number of hydrogen-bond donors (Lipinski definition) is 3. The van der Waals surface area contributed by atoms with Gasteiger partial charge < -0.3 is 10.7 Å². The zero-order chi connectivity index (χ0) is 15.4. The third kappa shape index (κ3) is 2.15. The van der Waals surface area contributed by atoms with Crippen LogP contribution < -0.4 is 5.73 Å². The Hall–Kier alpha value is -2.08. The summed E-state index contributed by atoms with van der Waals surface area (Å²) in [7, 11) is 0. The van der Waals surface area contributed by atoms with Crippen LogP contribution in [-0.4, -0.2) is 20.2 Å². The van der Waals surface area contributed by atoms with Gasteiger partial charge in [-0.05, 0) is 12.1 Å². The number of imidazole rings is 1. The summed E-state index contributed by atoms with van der Waals surface area (Å²) < 4.78 is 14.6. The molecule has 5 nitrogen and oxygen atoms in total. The average Bonchev–Trinajstić information content (AvgIpc) is 2.95. The van der Waals surface area contributed by atoms with Crippen LogP contribution in [0.4, 0.5) is 10.2 Å². The van der Waals surface area contributed by atoms with E-state index in [9.17, 15) is 4.39 Å². The number of nitrogens with zero attached hydrogens (tertiary/aromatic N) is 2. The fourth-order valence-corrected chi connectivity index (χ4v) is 2.38. The highest BCUT2D eigenvalue weighted by atomic mass is 35.5. The van der Waals surface area contributed by atoms with Crippen molar-refractivity contribution in [3.05, 3.63) is 28.9 Å². The van der Waals surface area contributed by atoms with E-state index in [4.69, 9.17) is 17.3 Å². The first-order chi connectivity index (χ1) is 9.79. The van der Waals surface area contributed by atoms with Gasteiger partial charge in [0, 0.05) is 16.4 Å². The quantitative estimate of drug-likeness (QED) is 0.642. The van der Waals surface area contributed by atoms with Crippen molar-refractivity contribution in [1.29, 1.82) is 0 Å². The summed E-state index contributed by atoms with van der Waals surface area (Å²) in [5, 5.41) is 7.25. The van der Waals surface area contributed by atoms with Crippen LogP contribution in [0.2, 0.25) is 5.15 Å². The van der Waals surface area contributed by atoms with E-state index in [-0.39, 0.29) is 16.7 Å². The van der Waals surface area contributed by atoms with Gasteiger partial charge >= 0.3 is 0 Å². The van der Waals surface area contributed by atoms with Crippen LogP contribution in [0.25, 0.3) is 22.2 Å². The zero-order valence-electron chi connectivity index (χ0n) is 11.9. The molecule has 2 heterocycles. The standard InChI is InChI=1S/C14H15ClFN5/c1-14(2,3)13-18-10(11(15)19-13)6-4-5-7-9(8(6)16)20-21-12(7)17/h4-5H,1-3H3,(H,18,19)(H3,17,20,21). The number of nitrogen functional groups attached to an aromatic ring is 1. The van der Waals surface area contributed by atoms with Gasteiger partial charge in [0.25, 0.3) is 0 Å². The molecule has 0 atom stereocenters. The Morgan fingerprint density at radius 2 is 2.00 bits per heavy atom. The lowest BCUT2D eigenvalue weighted by atomic mass is 9.96. The van der Waals surface area contributed by atoms with E-state index in [1.165, 1.54) is 0 Å². The number of nitrogens with one attached hydrogen (secondary N) is 2. The molecule has 0 aliphatic rings. The number of nitrogens with two attached hydrogens (primary N) is 1. The maximum atomic E-state index is 14.6. The molecular weight excluding hydrogens is 293 g/mol. The molecule has 7 heteroatoms. The number of benzene rings is 1. The zero-order valence-corrected chi connectivity index (χ0v) is 12.6. The molecule has 3 aromatic rings. The molecule has 0 spiro atoms. The fraction of sp³-hybridized carbons (Fsp3) is 0.286. The van der Waals surface area contributed by atoms with Crippen molar-refractivity contribution < 1.29 is 4.39 Å². The van der Waals surface area contributed by atoms with Crippen LogP contribution in [-0.2, 0) is 5.41 Å². The summed E-state index contributed by atoms with van der Waals surface area (Å²) in [6, 6.07) is 3.31. The predicted molar refractivity (Wildman–Crippen MR) is 81.8 cm³/mol. The number of rotatable bonds is 1. The Morgan fingerprint density at radius 3 is 2.62 bits per heavy atom. The Kier molecular flexibility index (Phi) is 2.95. The number of hydrogen-bond acceptors (Lipinski definition) is 3. The minimum Gasteiger partial charge on any atom is -0.382 e. The summed E-state index contributed by atoms with van der Waals surface area (Å²) >= 11 is 6.18. The molecule has 1 aromatic carbocycles. The van der Waals surface area contributed by atoms with Gasteiger partial charge in [-0.3, -0.25) is 5.10 Å². The molecule has 0 aliphatic carbocycles. The molecule has 0 radical (unpaired) electrons. The van der Waals surface area contributed by atoms with Crippen molar-refractivity contribution in [2.45, 2.75) is 26.2 Å². The van der Waals surface area contributed by atoms with Crippen molar-refractivity contribution in [2.75, 3.05) is 5.73 Å². The SMILES string of the molecule is CC(C)(C)c1nc(-c2ccc3c(N)n[nH]c3c2F)c(Cl)[nH]1. The van der Waals surface area contributed by atoms with Crippen LogP contribution in [0.1, 0.15) is 26.6 Å². The van der Waals surface area contributed by atoms with Gasteiger partial charge in [-0.15, -0.1) is 0 Å². The lowest BCUT2D eigenvalue weighted by molar-refractivity contribution is 0.552. The van der Waals surface area contributed by atoms with Gasteiger partial charge in [-0.25, -0.2) is 9.37 Å². The van der Waals surface area contributed by atoms with Crippen molar-refractivity contribution >= 4 is 28.3 Å². The second-order valence-corrected chi connectivity index (χ2v) is 6.33. The molecule has 110 valence electrons. The third-order valence-electron chi connectivity index (χ3n) is 3.33. The van der Waals surface area contributed by atoms with Crippen LogP contribution in [0.3, 0.4) is 0 Å². The number of anilines is 1. The smallest absolute Gasteiger partial charge is 0.158 e. The Balaban J connectivity index is 2.21. The largest absolute Gasteiger partial charge is 0.382 e. The predicted octanol–water partition coefficient (Wildman–Crippen LogP) is 3.63. The van der Waals surface area contributed by atoms with Gasteiger partial charge in [0.05, 0.1) is 0 Å². The van der Waals surface area contributed by atoms with Gasteiger partial charge in [0.1, 0.15) is 22.2 Å². The van der Waals surface area contributed by atoms with Crippen molar-refractivity contribution in [3.63, 3.8) is 0 Å². The van der Waals surface area contributed by atoms with E-state index in [0.717, 1.165) is 0 Å². The Morgan fingerprint density at radius 1 is 1.29 bits per heavy atom. The summed E-state index contributed by atoms with van der Waals surface area (Å²) in [4.78, 5) is 7.43. The average molecular weight is 308 g/mol. The van der Waals surface area contributed by atoms with Crippen LogP contribution in [0.5, 0.6) is 0 Å². The molecule has 0 unspecified atom stereocenters. The molecule has 0 bridgehead atoms. The second-order valence-electron chi connectivity index (χ2n) is 5.96. The third-order valence-corrected chi connectivity index (χ3v) is 3.60. The lowest BCUT2D eigenvalue weighted by Crippen LogP contribution is -2.13. The molecule has 0 amide bonds. The van der Waals surface area contributed by atoms with Gasteiger partial charge in [-0.1, -0.05) is 32.4 Å². The minimum atomic E-state index is -0.467. The van der Waals surface area contributed by atoms with E-state index in [1.807, 2.05) is 20.8 Å². The van der Waals surface area contributed by atoms with Crippen molar-refractivity contribution in [3.8, 4) is 11.3 Å². The molecule has 3 rings (SSSR count). The van der Waals surface area contributed by atoms with Crippen molar-refractivity contribution in [2.24, 2.45) is 0 Å². The Bertz CT molecular complexity index is 828. The summed E-state index contributed by atoms with van der Waals surface area (Å²) in [6.45, 7) is 6.00. The first-order valence-electron chi connectivity index (χ1n) is 6.47. The first-order valence-corrected chi connectivity index (χ1v) is 6.85. The number of fused-ring (bicyclic) bond motifs is 1. The summed E-state index contributed by atoms with van der Waals surface area (Å²) in [6.07, 6.45) is 0. The van der Waals surface area contributed by atoms with Crippen LogP contribution in [0.15, 0.2) is 12.1 Å². The number of aromatic nitrogens is 4. The van der Waals surface area contributed by atoms with Crippen molar-refractivity contribution in [1.82, 2.24) is 20.2 Å². The minimum absolute atomic E-state index is 0.207. The van der Waals surface area contributed by atoms with Gasteiger partial charge in [-0.2, -0.15) is 5.10 Å². The molecule has 0 fully saturated rings. The van der Waals surface area contributed by atoms with Gasteiger partial charge in [0.15, 0.2) is 11.6 Å². The Labute approximate surface area is 125 Å². The lowest BCUT2D eigenvalue weighted by Gasteiger charge is -2.13. The number of H-pyrrole nitrogens is 2. The van der Waals surface area contributed by atoms with Crippen LogP contribution in [0, 0.1) is 5.82 Å². The highest BCUT2D eigenvalue weighted by Gasteiger charge is 2.23. The van der Waals surface area contributed by atoms with E-state index >= 15 is 0 Å². The first kappa shape index (κ1) is 13.9. The maximum Gasteiger partial charge on any atom is 0.158 e. The molecule has 0 saturated heterocycles. The topological polar surface area (TPSA) is 83.4 Å². The normalized spacial score (nSPS) is 12.2. The summed E-state index contributed by atoms with van der Waals surface area (Å²) in [5.41, 5.74) is 6.40. The fourth-order valence-electron chi connectivity index (χ4n) is 2.14. The second kappa shape index (κ2) is 4.46. The molecule has 4 N–H and O–H groups in total.